The number of hydrogen-bond acceptors (Lipinski definition) is 4. The number of hydrogen-bond donors (Lipinski definition) is 2. The summed E-state index contributed by atoms with van der Waals surface area (Å²) in [5, 5.41) is 5.63. The summed E-state index contributed by atoms with van der Waals surface area (Å²) in [5.74, 6) is -0.262. The number of anilines is 1. The number of amides is 1. The zero-order chi connectivity index (χ0) is 14.9. The zero-order valence-corrected chi connectivity index (χ0v) is 12.7. The SMILES string of the molecule is CNc1cc(C)c(S(=O)(=O)N2CCNC(=O)C2)c(C)c1. The molecule has 0 radical (unpaired) electrons. The van der Waals surface area contributed by atoms with Gasteiger partial charge in [-0.3, -0.25) is 4.79 Å². The quantitative estimate of drug-likeness (QED) is 0.850. The van der Waals surface area contributed by atoms with Crippen LogP contribution in [0.2, 0.25) is 0 Å². The Bertz CT molecular complexity index is 617. The number of piperazine rings is 1. The van der Waals surface area contributed by atoms with Gasteiger partial charge in [-0.2, -0.15) is 4.31 Å². The van der Waals surface area contributed by atoms with Gasteiger partial charge in [0.2, 0.25) is 15.9 Å². The molecular weight excluding hydrogens is 278 g/mol. The molecule has 1 aliphatic rings. The average Bonchev–Trinajstić information content (AvgIpc) is 2.37. The molecule has 1 saturated heterocycles. The second-order valence-corrected chi connectivity index (χ2v) is 6.75. The van der Waals surface area contributed by atoms with Gasteiger partial charge in [0.05, 0.1) is 11.4 Å². The van der Waals surface area contributed by atoms with Crippen molar-refractivity contribution in [2.45, 2.75) is 18.7 Å². The summed E-state index contributed by atoms with van der Waals surface area (Å²) in [6.45, 7) is 4.08. The van der Waals surface area contributed by atoms with Crippen LogP contribution < -0.4 is 10.6 Å². The first-order valence-electron chi connectivity index (χ1n) is 6.42. The molecule has 0 atom stereocenters. The molecule has 0 spiro atoms. The number of aryl methyl sites for hydroxylation is 2. The van der Waals surface area contributed by atoms with Crippen molar-refractivity contribution in [3.63, 3.8) is 0 Å². The molecule has 1 aliphatic heterocycles. The topological polar surface area (TPSA) is 78.5 Å². The van der Waals surface area contributed by atoms with Crippen LogP contribution in [0.15, 0.2) is 17.0 Å². The van der Waals surface area contributed by atoms with Gasteiger partial charge in [-0.25, -0.2) is 8.42 Å². The molecule has 6 nitrogen and oxygen atoms in total. The lowest BCUT2D eigenvalue weighted by atomic mass is 10.1. The second-order valence-electron chi connectivity index (χ2n) is 4.88. The van der Waals surface area contributed by atoms with E-state index >= 15 is 0 Å². The molecule has 20 heavy (non-hydrogen) atoms. The number of carbonyl (C=O) groups is 1. The molecule has 0 bridgehead atoms. The lowest BCUT2D eigenvalue weighted by molar-refractivity contribution is -0.122. The predicted molar refractivity (Wildman–Crippen MR) is 77.2 cm³/mol. The van der Waals surface area contributed by atoms with E-state index in [9.17, 15) is 13.2 Å². The predicted octanol–water partition coefficient (Wildman–Crippen LogP) is 0.466. The van der Waals surface area contributed by atoms with Crippen LogP contribution in [-0.4, -0.2) is 45.3 Å². The number of sulfonamides is 1. The van der Waals surface area contributed by atoms with Crippen molar-refractivity contribution in [2.75, 3.05) is 32.0 Å². The fourth-order valence-corrected chi connectivity index (χ4v) is 4.26. The normalized spacial score (nSPS) is 16.9. The minimum absolute atomic E-state index is 0.116. The van der Waals surface area contributed by atoms with Gasteiger partial charge in [-0.1, -0.05) is 0 Å². The summed E-state index contributed by atoms with van der Waals surface area (Å²) in [6.07, 6.45) is 0. The maximum atomic E-state index is 12.7. The summed E-state index contributed by atoms with van der Waals surface area (Å²) in [5.41, 5.74) is 2.23. The molecule has 1 fully saturated rings. The second kappa shape index (κ2) is 5.41. The summed E-state index contributed by atoms with van der Waals surface area (Å²) in [7, 11) is -1.85. The smallest absolute Gasteiger partial charge is 0.244 e. The van der Waals surface area contributed by atoms with Gasteiger partial charge >= 0.3 is 0 Å². The summed E-state index contributed by atoms with van der Waals surface area (Å²) < 4.78 is 26.6. The van der Waals surface area contributed by atoms with Gasteiger partial charge in [-0.15, -0.1) is 0 Å². The minimum Gasteiger partial charge on any atom is -0.388 e. The van der Waals surface area contributed by atoms with Crippen molar-refractivity contribution in [3.8, 4) is 0 Å². The summed E-state index contributed by atoms with van der Waals surface area (Å²) in [4.78, 5) is 11.7. The standard InChI is InChI=1S/C13H19N3O3S/c1-9-6-11(14-3)7-10(2)13(9)20(18,19)16-5-4-15-12(17)8-16/h6-7,14H,4-5,8H2,1-3H3,(H,15,17). The Hall–Kier alpha value is -1.60. The fraction of sp³-hybridized carbons (Fsp3) is 0.462. The zero-order valence-electron chi connectivity index (χ0n) is 11.9. The van der Waals surface area contributed by atoms with Crippen molar-refractivity contribution in [1.29, 1.82) is 0 Å². The van der Waals surface area contributed by atoms with E-state index in [0.29, 0.717) is 29.1 Å². The van der Waals surface area contributed by atoms with Crippen LogP contribution in [0.5, 0.6) is 0 Å². The van der Waals surface area contributed by atoms with Crippen LogP contribution >= 0.6 is 0 Å². The third kappa shape index (κ3) is 2.64. The molecule has 2 N–H and O–H groups in total. The summed E-state index contributed by atoms with van der Waals surface area (Å²) in [6, 6.07) is 3.59. The first-order chi connectivity index (χ1) is 9.36. The molecule has 0 aliphatic carbocycles. The van der Waals surface area contributed by atoms with E-state index in [1.807, 2.05) is 0 Å². The first-order valence-corrected chi connectivity index (χ1v) is 7.86. The van der Waals surface area contributed by atoms with Crippen molar-refractivity contribution < 1.29 is 13.2 Å². The van der Waals surface area contributed by atoms with E-state index in [2.05, 4.69) is 10.6 Å². The highest BCUT2D eigenvalue weighted by atomic mass is 32.2. The van der Waals surface area contributed by atoms with Crippen LogP contribution in [-0.2, 0) is 14.8 Å². The Kier molecular flexibility index (Phi) is 4.01. The Morgan fingerprint density at radius 3 is 2.35 bits per heavy atom. The van der Waals surface area contributed by atoms with Crippen LogP contribution in [0.3, 0.4) is 0 Å². The lowest BCUT2D eigenvalue weighted by Crippen LogP contribution is -2.50. The molecule has 1 amide bonds. The van der Waals surface area contributed by atoms with Crippen molar-refractivity contribution in [3.05, 3.63) is 23.3 Å². The van der Waals surface area contributed by atoms with E-state index in [4.69, 9.17) is 0 Å². The van der Waals surface area contributed by atoms with Gasteiger partial charge in [0.15, 0.2) is 0 Å². The summed E-state index contributed by atoms with van der Waals surface area (Å²) >= 11 is 0. The van der Waals surface area contributed by atoms with Gasteiger partial charge < -0.3 is 10.6 Å². The Balaban J connectivity index is 2.46. The van der Waals surface area contributed by atoms with Crippen LogP contribution in [0.25, 0.3) is 0 Å². The molecule has 7 heteroatoms. The Morgan fingerprint density at radius 2 is 1.85 bits per heavy atom. The molecule has 1 heterocycles. The highest BCUT2D eigenvalue weighted by Gasteiger charge is 2.31. The third-order valence-corrected chi connectivity index (χ3v) is 5.50. The molecule has 110 valence electrons. The highest BCUT2D eigenvalue weighted by Crippen LogP contribution is 2.27. The van der Waals surface area contributed by atoms with Gasteiger partial charge in [-0.05, 0) is 37.1 Å². The molecule has 1 aromatic carbocycles. The van der Waals surface area contributed by atoms with Crippen molar-refractivity contribution in [1.82, 2.24) is 9.62 Å². The monoisotopic (exact) mass is 297 g/mol. The van der Waals surface area contributed by atoms with E-state index < -0.39 is 10.0 Å². The molecule has 2 rings (SSSR count). The van der Waals surface area contributed by atoms with E-state index in [0.717, 1.165) is 5.69 Å². The van der Waals surface area contributed by atoms with Crippen molar-refractivity contribution in [2.24, 2.45) is 0 Å². The van der Waals surface area contributed by atoms with Gasteiger partial charge in [0, 0.05) is 25.8 Å². The highest BCUT2D eigenvalue weighted by molar-refractivity contribution is 7.89. The van der Waals surface area contributed by atoms with E-state index in [1.54, 1.807) is 33.0 Å². The van der Waals surface area contributed by atoms with Crippen LogP contribution in [0.1, 0.15) is 11.1 Å². The number of carbonyl (C=O) groups excluding carboxylic acids is 1. The maximum absolute atomic E-state index is 12.7. The van der Waals surface area contributed by atoms with Crippen LogP contribution in [0, 0.1) is 13.8 Å². The lowest BCUT2D eigenvalue weighted by Gasteiger charge is -2.27. The number of nitrogens with one attached hydrogen (secondary N) is 2. The molecule has 0 saturated carbocycles. The van der Waals surface area contributed by atoms with E-state index in [1.165, 1.54) is 4.31 Å². The largest absolute Gasteiger partial charge is 0.388 e. The molecule has 0 aromatic heterocycles. The average molecular weight is 297 g/mol. The Labute approximate surface area is 119 Å². The number of nitrogens with zero attached hydrogens (tertiary/aromatic N) is 1. The van der Waals surface area contributed by atoms with E-state index in [-0.39, 0.29) is 12.5 Å². The van der Waals surface area contributed by atoms with Gasteiger partial charge in [0.1, 0.15) is 0 Å². The molecule has 1 aromatic rings. The minimum atomic E-state index is -3.64. The van der Waals surface area contributed by atoms with Crippen LogP contribution in [0.4, 0.5) is 5.69 Å². The third-order valence-electron chi connectivity index (χ3n) is 3.35. The Morgan fingerprint density at radius 1 is 1.25 bits per heavy atom. The molecule has 0 unspecified atom stereocenters. The van der Waals surface area contributed by atoms with Gasteiger partial charge in [0.25, 0.3) is 0 Å². The number of rotatable bonds is 3. The van der Waals surface area contributed by atoms with Crippen molar-refractivity contribution >= 4 is 21.6 Å². The molecular formula is C13H19N3O3S. The first kappa shape index (κ1) is 14.8. The fourth-order valence-electron chi connectivity index (χ4n) is 2.45. The number of benzene rings is 1. The maximum Gasteiger partial charge on any atom is 0.244 e.